The minimum atomic E-state index is 0.459. The Morgan fingerprint density at radius 2 is 1.43 bits per heavy atom. The Hall–Kier alpha value is -0.530. The zero-order valence-electron chi connectivity index (χ0n) is 9.72. The Morgan fingerprint density at radius 1 is 1.00 bits per heavy atom. The minimum Gasteiger partial charge on any atom is -0.411 e. The SMILES string of the molecule is CC1(C)C(C)(C)C12CCC(=NO)CC2. The molecule has 0 aromatic carbocycles. The van der Waals surface area contributed by atoms with Gasteiger partial charge in [-0.3, -0.25) is 0 Å². The van der Waals surface area contributed by atoms with E-state index in [1.807, 2.05) is 0 Å². The van der Waals surface area contributed by atoms with Gasteiger partial charge in [-0.2, -0.15) is 0 Å². The maximum absolute atomic E-state index is 8.73. The van der Waals surface area contributed by atoms with Crippen molar-refractivity contribution in [2.24, 2.45) is 21.4 Å². The van der Waals surface area contributed by atoms with Gasteiger partial charge >= 0.3 is 0 Å². The first-order chi connectivity index (χ1) is 6.39. The average molecular weight is 195 g/mol. The molecule has 0 heterocycles. The van der Waals surface area contributed by atoms with E-state index in [1.54, 1.807) is 0 Å². The van der Waals surface area contributed by atoms with Crippen LogP contribution in [0.15, 0.2) is 5.16 Å². The second-order valence-electron chi connectivity index (χ2n) is 6.00. The fourth-order valence-electron chi connectivity index (χ4n) is 3.86. The molecule has 2 nitrogen and oxygen atoms in total. The van der Waals surface area contributed by atoms with Crippen molar-refractivity contribution in [2.45, 2.75) is 53.4 Å². The molecule has 0 saturated heterocycles. The van der Waals surface area contributed by atoms with Gasteiger partial charge in [-0.25, -0.2) is 0 Å². The van der Waals surface area contributed by atoms with Crippen molar-refractivity contribution < 1.29 is 5.21 Å². The molecule has 2 aliphatic rings. The lowest BCUT2D eigenvalue weighted by atomic mass is 9.78. The number of hydrogen-bond acceptors (Lipinski definition) is 2. The van der Waals surface area contributed by atoms with Gasteiger partial charge < -0.3 is 5.21 Å². The Bertz CT molecular complexity index is 263. The van der Waals surface area contributed by atoms with Gasteiger partial charge in [0.15, 0.2) is 0 Å². The lowest BCUT2D eigenvalue weighted by molar-refractivity contribution is 0.283. The topological polar surface area (TPSA) is 32.6 Å². The van der Waals surface area contributed by atoms with Gasteiger partial charge in [0.2, 0.25) is 0 Å². The van der Waals surface area contributed by atoms with Gasteiger partial charge in [-0.05, 0) is 41.9 Å². The summed E-state index contributed by atoms with van der Waals surface area (Å²) in [6, 6.07) is 0. The second-order valence-corrected chi connectivity index (χ2v) is 6.00. The largest absolute Gasteiger partial charge is 0.411 e. The summed E-state index contributed by atoms with van der Waals surface area (Å²) in [5.41, 5.74) is 2.42. The Balaban J connectivity index is 2.17. The Kier molecular flexibility index (Phi) is 1.81. The lowest BCUT2D eigenvalue weighted by Crippen LogP contribution is -2.20. The summed E-state index contributed by atoms with van der Waals surface area (Å²) < 4.78 is 0. The highest BCUT2D eigenvalue weighted by molar-refractivity contribution is 5.85. The highest BCUT2D eigenvalue weighted by Crippen LogP contribution is 2.82. The van der Waals surface area contributed by atoms with Crippen LogP contribution in [-0.2, 0) is 0 Å². The molecule has 0 bridgehead atoms. The summed E-state index contributed by atoms with van der Waals surface area (Å²) in [5, 5.41) is 12.1. The highest BCUT2D eigenvalue weighted by atomic mass is 16.4. The summed E-state index contributed by atoms with van der Waals surface area (Å²) in [6.45, 7) is 9.53. The molecule has 14 heavy (non-hydrogen) atoms. The Labute approximate surface area is 86.4 Å². The summed E-state index contributed by atoms with van der Waals surface area (Å²) in [5.74, 6) is 0. The quantitative estimate of drug-likeness (QED) is 0.466. The zero-order valence-corrected chi connectivity index (χ0v) is 9.72. The smallest absolute Gasteiger partial charge is 0.0571 e. The third kappa shape index (κ3) is 0.850. The molecule has 0 atom stereocenters. The van der Waals surface area contributed by atoms with E-state index in [0.717, 1.165) is 18.6 Å². The maximum Gasteiger partial charge on any atom is 0.0571 e. The van der Waals surface area contributed by atoms with Crippen LogP contribution in [0.1, 0.15) is 53.4 Å². The first-order valence-electron chi connectivity index (χ1n) is 5.59. The first-order valence-corrected chi connectivity index (χ1v) is 5.59. The predicted molar refractivity (Wildman–Crippen MR) is 57.7 cm³/mol. The van der Waals surface area contributed by atoms with E-state index in [2.05, 4.69) is 32.9 Å². The highest BCUT2D eigenvalue weighted by Gasteiger charge is 2.75. The van der Waals surface area contributed by atoms with Crippen molar-refractivity contribution in [2.75, 3.05) is 0 Å². The standard InChI is InChI=1S/C12H21NO/c1-10(2)11(3,4)12(10)7-5-9(13-14)6-8-12/h14H,5-8H2,1-4H3. The van der Waals surface area contributed by atoms with E-state index < -0.39 is 0 Å². The average Bonchev–Trinajstić information content (AvgIpc) is 2.47. The molecular weight excluding hydrogens is 174 g/mol. The van der Waals surface area contributed by atoms with Crippen LogP contribution in [0.4, 0.5) is 0 Å². The summed E-state index contributed by atoms with van der Waals surface area (Å²) in [7, 11) is 0. The molecular formula is C12H21NO. The van der Waals surface area contributed by atoms with Gasteiger partial charge in [0.05, 0.1) is 5.71 Å². The van der Waals surface area contributed by atoms with Gasteiger partial charge in [0, 0.05) is 0 Å². The van der Waals surface area contributed by atoms with Gasteiger partial charge in [0.1, 0.15) is 0 Å². The molecule has 1 spiro atoms. The molecule has 2 fully saturated rings. The van der Waals surface area contributed by atoms with Crippen LogP contribution >= 0.6 is 0 Å². The normalized spacial score (nSPS) is 31.6. The molecule has 2 saturated carbocycles. The van der Waals surface area contributed by atoms with Crippen molar-refractivity contribution >= 4 is 5.71 Å². The lowest BCUT2D eigenvalue weighted by Gasteiger charge is -2.27. The van der Waals surface area contributed by atoms with Gasteiger partial charge in [-0.15, -0.1) is 0 Å². The molecule has 0 aromatic rings. The molecule has 0 radical (unpaired) electrons. The molecule has 2 rings (SSSR count). The van der Waals surface area contributed by atoms with Crippen LogP contribution in [0, 0.1) is 16.2 Å². The van der Waals surface area contributed by atoms with Crippen molar-refractivity contribution in [3.05, 3.63) is 0 Å². The van der Waals surface area contributed by atoms with E-state index in [9.17, 15) is 0 Å². The van der Waals surface area contributed by atoms with E-state index in [-0.39, 0.29) is 0 Å². The summed E-state index contributed by atoms with van der Waals surface area (Å²) in [4.78, 5) is 0. The molecule has 2 aliphatic carbocycles. The van der Waals surface area contributed by atoms with Crippen LogP contribution in [0.3, 0.4) is 0 Å². The molecule has 0 amide bonds. The third-order valence-corrected chi connectivity index (χ3v) is 5.71. The van der Waals surface area contributed by atoms with Gasteiger partial charge in [0.25, 0.3) is 0 Å². The summed E-state index contributed by atoms with van der Waals surface area (Å²) >= 11 is 0. The van der Waals surface area contributed by atoms with E-state index in [1.165, 1.54) is 12.8 Å². The van der Waals surface area contributed by atoms with E-state index in [0.29, 0.717) is 16.2 Å². The van der Waals surface area contributed by atoms with Crippen LogP contribution < -0.4 is 0 Å². The molecule has 80 valence electrons. The van der Waals surface area contributed by atoms with Crippen molar-refractivity contribution in [3.63, 3.8) is 0 Å². The van der Waals surface area contributed by atoms with Crippen LogP contribution in [-0.4, -0.2) is 10.9 Å². The van der Waals surface area contributed by atoms with E-state index >= 15 is 0 Å². The fraction of sp³-hybridized carbons (Fsp3) is 0.917. The number of hydrogen-bond donors (Lipinski definition) is 1. The zero-order chi connectivity index (χ0) is 10.6. The monoisotopic (exact) mass is 195 g/mol. The van der Waals surface area contributed by atoms with E-state index in [4.69, 9.17) is 5.21 Å². The van der Waals surface area contributed by atoms with Crippen LogP contribution in [0.5, 0.6) is 0 Å². The van der Waals surface area contributed by atoms with Crippen LogP contribution in [0.25, 0.3) is 0 Å². The summed E-state index contributed by atoms with van der Waals surface area (Å²) in [6.07, 6.45) is 4.38. The predicted octanol–water partition coefficient (Wildman–Crippen LogP) is 3.44. The van der Waals surface area contributed by atoms with Crippen molar-refractivity contribution in [1.29, 1.82) is 0 Å². The fourth-order valence-corrected chi connectivity index (χ4v) is 3.86. The molecule has 0 unspecified atom stereocenters. The molecule has 0 aliphatic heterocycles. The molecule has 1 N–H and O–H groups in total. The van der Waals surface area contributed by atoms with Crippen molar-refractivity contribution in [3.8, 4) is 0 Å². The molecule has 0 aromatic heterocycles. The van der Waals surface area contributed by atoms with Crippen LogP contribution in [0.2, 0.25) is 0 Å². The minimum absolute atomic E-state index is 0.459. The first kappa shape index (κ1) is 10.0. The van der Waals surface area contributed by atoms with Crippen molar-refractivity contribution in [1.82, 2.24) is 0 Å². The van der Waals surface area contributed by atoms with Gasteiger partial charge in [-0.1, -0.05) is 32.9 Å². The third-order valence-electron chi connectivity index (χ3n) is 5.71. The number of oxime groups is 1. The number of rotatable bonds is 0. The number of nitrogens with zero attached hydrogens (tertiary/aromatic N) is 1. The second kappa shape index (κ2) is 2.53. The maximum atomic E-state index is 8.73. The Morgan fingerprint density at radius 3 is 1.71 bits per heavy atom. The molecule has 2 heteroatoms.